The third-order valence-electron chi connectivity index (χ3n) is 6.34. The lowest BCUT2D eigenvalue weighted by molar-refractivity contribution is 0.131. The monoisotopic (exact) mass is 502 g/mol. The normalized spacial score (nSPS) is 11.9. The van der Waals surface area contributed by atoms with Gasteiger partial charge < -0.3 is 15.0 Å². The van der Waals surface area contributed by atoms with Crippen LogP contribution < -0.4 is 10.9 Å². The van der Waals surface area contributed by atoms with Crippen molar-refractivity contribution in [3.05, 3.63) is 100 Å². The second-order valence-electron chi connectivity index (χ2n) is 8.70. The maximum absolute atomic E-state index is 13.8. The molecule has 8 heteroatoms. The van der Waals surface area contributed by atoms with Gasteiger partial charge in [-0.3, -0.25) is 9.36 Å². The molecule has 0 aliphatic rings. The van der Waals surface area contributed by atoms with Gasteiger partial charge in [0.1, 0.15) is 11.6 Å². The number of anilines is 1. The van der Waals surface area contributed by atoms with Crippen molar-refractivity contribution >= 4 is 22.6 Å². The zero-order valence-corrected chi connectivity index (χ0v) is 21.3. The number of hydrogen-bond acceptors (Lipinski definition) is 4. The molecule has 0 saturated heterocycles. The summed E-state index contributed by atoms with van der Waals surface area (Å²) in [5, 5.41) is 3.27. The van der Waals surface area contributed by atoms with Gasteiger partial charge in [-0.2, -0.15) is 0 Å². The number of amides is 2. The summed E-state index contributed by atoms with van der Waals surface area (Å²) in [4.78, 5) is 33.8. The highest BCUT2D eigenvalue weighted by Crippen LogP contribution is 2.27. The van der Waals surface area contributed by atoms with E-state index in [1.54, 1.807) is 34.8 Å². The Morgan fingerprint density at radius 3 is 2.51 bits per heavy atom. The second kappa shape index (κ2) is 11.8. The van der Waals surface area contributed by atoms with Crippen LogP contribution in [0.3, 0.4) is 0 Å². The first-order chi connectivity index (χ1) is 18.0. The molecule has 0 radical (unpaired) electrons. The van der Waals surface area contributed by atoms with Crippen molar-refractivity contribution in [3.63, 3.8) is 0 Å². The summed E-state index contributed by atoms with van der Waals surface area (Å²) in [5.41, 5.74) is 2.50. The molecule has 2 amide bonds. The van der Waals surface area contributed by atoms with Gasteiger partial charge in [-0.15, -0.1) is 0 Å². The molecule has 192 valence electrons. The van der Waals surface area contributed by atoms with Crippen LogP contribution in [0.4, 0.5) is 14.9 Å². The van der Waals surface area contributed by atoms with E-state index in [-0.39, 0.29) is 18.7 Å². The summed E-state index contributed by atoms with van der Waals surface area (Å²) >= 11 is 0. The highest BCUT2D eigenvalue weighted by Gasteiger charge is 2.29. The molecule has 0 fully saturated rings. The molecule has 1 aromatic heterocycles. The number of halogens is 1. The molecule has 37 heavy (non-hydrogen) atoms. The molecule has 1 heterocycles. The number of methoxy groups -OCH3 is 1. The number of ether oxygens (including phenoxy) is 1. The van der Waals surface area contributed by atoms with Gasteiger partial charge in [0.2, 0.25) is 0 Å². The third-order valence-corrected chi connectivity index (χ3v) is 6.34. The lowest BCUT2D eigenvalue weighted by Gasteiger charge is -2.32. The number of fused-ring (bicyclic) bond motifs is 1. The summed E-state index contributed by atoms with van der Waals surface area (Å²) in [6.45, 7) is 4.53. The van der Waals surface area contributed by atoms with Crippen LogP contribution in [0.2, 0.25) is 0 Å². The van der Waals surface area contributed by atoms with Crippen LogP contribution in [0.1, 0.15) is 37.7 Å². The maximum atomic E-state index is 13.8. The van der Waals surface area contributed by atoms with E-state index in [9.17, 15) is 14.0 Å². The Kier molecular flexibility index (Phi) is 8.30. The van der Waals surface area contributed by atoms with E-state index in [2.05, 4.69) is 12.2 Å². The Hall–Kier alpha value is -4.04. The largest absolute Gasteiger partial charge is 0.383 e. The van der Waals surface area contributed by atoms with Crippen molar-refractivity contribution in [2.45, 2.75) is 32.7 Å². The molecular weight excluding hydrogens is 471 g/mol. The minimum Gasteiger partial charge on any atom is -0.383 e. The number of nitrogens with zero attached hydrogens (tertiary/aromatic N) is 3. The van der Waals surface area contributed by atoms with Crippen LogP contribution in [-0.4, -0.2) is 40.7 Å². The minimum absolute atomic E-state index is 0.208. The molecule has 0 aliphatic heterocycles. The van der Waals surface area contributed by atoms with Crippen LogP contribution in [0, 0.1) is 5.82 Å². The Morgan fingerprint density at radius 1 is 1.08 bits per heavy atom. The molecular formula is C29H31FN4O3. The Balaban J connectivity index is 1.86. The first-order valence-corrected chi connectivity index (χ1v) is 12.4. The van der Waals surface area contributed by atoms with Gasteiger partial charge in [-0.1, -0.05) is 44.2 Å². The van der Waals surface area contributed by atoms with Gasteiger partial charge in [0, 0.05) is 19.3 Å². The summed E-state index contributed by atoms with van der Waals surface area (Å²) in [7, 11) is 1.56. The van der Waals surface area contributed by atoms with E-state index in [0.717, 1.165) is 12.0 Å². The SMILES string of the molecule is CCc1ccc(-n2c(C(CC)N(CCOC)C(=O)Nc3cccc(F)c3)nc3ccccc3c2=O)cc1. The number of nitrogens with one attached hydrogen (secondary N) is 1. The first kappa shape index (κ1) is 26.0. The lowest BCUT2D eigenvalue weighted by Crippen LogP contribution is -2.42. The van der Waals surface area contributed by atoms with Crippen LogP contribution in [-0.2, 0) is 11.2 Å². The summed E-state index contributed by atoms with van der Waals surface area (Å²) < 4.78 is 20.6. The zero-order chi connectivity index (χ0) is 26.4. The van der Waals surface area contributed by atoms with Crippen LogP contribution in [0.25, 0.3) is 16.6 Å². The van der Waals surface area contributed by atoms with E-state index < -0.39 is 17.9 Å². The fraction of sp³-hybridized carbons (Fsp3) is 0.276. The van der Waals surface area contributed by atoms with Gasteiger partial charge in [0.25, 0.3) is 5.56 Å². The molecule has 0 spiro atoms. The Bertz CT molecular complexity index is 1440. The molecule has 1 atom stereocenters. The molecule has 0 saturated carbocycles. The van der Waals surface area contributed by atoms with E-state index >= 15 is 0 Å². The van der Waals surface area contributed by atoms with Crippen LogP contribution in [0.15, 0.2) is 77.6 Å². The van der Waals surface area contributed by atoms with Gasteiger partial charge in [-0.25, -0.2) is 14.2 Å². The number of para-hydroxylation sites is 1. The Morgan fingerprint density at radius 2 is 1.84 bits per heavy atom. The predicted molar refractivity (Wildman–Crippen MR) is 144 cm³/mol. The maximum Gasteiger partial charge on any atom is 0.322 e. The summed E-state index contributed by atoms with van der Waals surface area (Å²) in [6.07, 6.45) is 1.36. The molecule has 4 aromatic rings. The molecule has 7 nitrogen and oxygen atoms in total. The Labute approximate surface area is 215 Å². The number of aryl methyl sites for hydroxylation is 1. The number of aromatic nitrogens is 2. The van der Waals surface area contributed by atoms with E-state index in [1.807, 2.05) is 43.3 Å². The van der Waals surface area contributed by atoms with Crippen molar-refractivity contribution < 1.29 is 13.9 Å². The second-order valence-corrected chi connectivity index (χ2v) is 8.70. The average Bonchev–Trinajstić information content (AvgIpc) is 2.91. The molecule has 0 bridgehead atoms. The third kappa shape index (κ3) is 5.70. The zero-order valence-electron chi connectivity index (χ0n) is 21.3. The van der Waals surface area contributed by atoms with Gasteiger partial charge >= 0.3 is 6.03 Å². The van der Waals surface area contributed by atoms with Gasteiger partial charge in [-0.05, 0) is 60.9 Å². The highest BCUT2D eigenvalue weighted by molar-refractivity contribution is 5.89. The van der Waals surface area contributed by atoms with Crippen molar-refractivity contribution in [2.75, 3.05) is 25.6 Å². The number of carbonyl (C=O) groups is 1. The first-order valence-electron chi connectivity index (χ1n) is 12.4. The number of carbonyl (C=O) groups excluding carboxylic acids is 1. The van der Waals surface area contributed by atoms with E-state index in [4.69, 9.17) is 9.72 Å². The van der Waals surface area contributed by atoms with E-state index in [1.165, 1.54) is 18.2 Å². The van der Waals surface area contributed by atoms with Crippen LogP contribution in [0.5, 0.6) is 0 Å². The van der Waals surface area contributed by atoms with Crippen molar-refractivity contribution in [1.82, 2.24) is 14.5 Å². The molecule has 1 unspecified atom stereocenters. The minimum atomic E-state index is -0.563. The standard InChI is InChI=1S/C29H31FN4O3/c1-4-20-13-15-23(16-14-20)34-27(32-25-12-7-6-11-24(25)28(34)35)26(5-2)33(17-18-37-3)29(36)31-22-10-8-9-21(30)19-22/h6-16,19,26H,4-5,17-18H2,1-3H3,(H,31,36). The van der Waals surface area contributed by atoms with Gasteiger partial charge in [0.15, 0.2) is 0 Å². The van der Waals surface area contributed by atoms with Crippen molar-refractivity contribution in [2.24, 2.45) is 0 Å². The lowest BCUT2D eigenvalue weighted by atomic mass is 10.1. The molecule has 4 rings (SSSR count). The molecule has 0 aliphatic carbocycles. The highest BCUT2D eigenvalue weighted by atomic mass is 19.1. The van der Waals surface area contributed by atoms with Gasteiger partial charge in [0.05, 0.1) is 29.2 Å². The fourth-order valence-corrected chi connectivity index (χ4v) is 4.40. The van der Waals surface area contributed by atoms with Crippen LogP contribution >= 0.6 is 0 Å². The van der Waals surface area contributed by atoms with Crippen molar-refractivity contribution in [1.29, 1.82) is 0 Å². The van der Waals surface area contributed by atoms with E-state index in [0.29, 0.717) is 34.5 Å². The number of hydrogen-bond donors (Lipinski definition) is 1. The van der Waals surface area contributed by atoms with Crippen molar-refractivity contribution in [3.8, 4) is 5.69 Å². The quantitative estimate of drug-likeness (QED) is 0.318. The predicted octanol–water partition coefficient (Wildman–Crippen LogP) is 5.72. The smallest absolute Gasteiger partial charge is 0.322 e. The number of urea groups is 1. The molecule has 3 aromatic carbocycles. The summed E-state index contributed by atoms with van der Waals surface area (Å²) in [6, 6.07) is 19.7. The topological polar surface area (TPSA) is 76.5 Å². The average molecular weight is 503 g/mol. The fourth-order valence-electron chi connectivity index (χ4n) is 4.40. The molecule has 1 N–H and O–H groups in total. The number of rotatable bonds is 9. The summed E-state index contributed by atoms with van der Waals surface area (Å²) in [5.74, 6) is -0.00483. The number of benzene rings is 3.